The molecule has 0 saturated carbocycles. The lowest BCUT2D eigenvalue weighted by atomic mass is 10.0. The zero-order valence-electron chi connectivity index (χ0n) is 27.9. The Morgan fingerprint density at radius 2 is 1.54 bits per heavy atom. The monoisotopic (exact) mass is 703 g/mol. The molecule has 0 aliphatic heterocycles. The Kier molecular flexibility index (Phi) is 12.4. The van der Waals surface area contributed by atoms with Gasteiger partial charge in [-0.3, -0.25) is 14.4 Å². The van der Waals surface area contributed by atoms with Crippen LogP contribution in [0.25, 0.3) is 17.2 Å². The number of thiophene rings is 1. The molecule has 4 aromatic carbocycles. The molecule has 0 bridgehead atoms. The van der Waals surface area contributed by atoms with Crippen molar-refractivity contribution in [3.05, 3.63) is 143 Å². The minimum absolute atomic E-state index is 0.0836. The number of anilines is 2. The van der Waals surface area contributed by atoms with Crippen LogP contribution in [0.3, 0.4) is 0 Å². The van der Waals surface area contributed by atoms with Gasteiger partial charge in [0.2, 0.25) is 5.91 Å². The number of aryl methyl sites for hydroxylation is 1. The van der Waals surface area contributed by atoms with Crippen LogP contribution in [0.5, 0.6) is 0 Å². The number of carbonyl (C=O) groups is 4. The molecule has 1 heterocycles. The molecule has 8 nitrogen and oxygen atoms in total. The van der Waals surface area contributed by atoms with Gasteiger partial charge in [-0.1, -0.05) is 85.8 Å². The summed E-state index contributed by atoms with van der Waals surface area (Å²) in [6.45, 7) is 5.79. The van der Waals surface area contributed by atoms with Crippen molar-refractivity contribution in [2.24, 2.45) is 0 Å². The Balaban J connectivity index is 1.33. The number of benzene rings is 4. The summed E-state index contributed by atoms with van der Waals surface area (Å²) < 4.78 is 5.35. The van der Waals surface area contributed by atoms with E-state index in [0.29, 0.717) is 33.8 Å². The Hall–Kier alpha value is -5.45. The van der Waals surface area contributed by atoms with E-state index in [4.69, 9.17) is 4.74 Å². The van der Waals surface area contributed by atoms with Crippen LogP contribution in [0.1, 0.15) is 52.1 Å². The SMILES string of the molecule is CCOC(=O)c1c(-c2ccccc2)csc1NC(=O)C(CC)Sc1cccc(NC(=O)/C(=C/c2ccccc2C)NC(=O)c2ccccc2)c1. The van der Waals surface area contributed by atoms with E-state index in [1.165, 1.54) is 23.1 Å². The van der Waals surface area contributed by atoms with Gasteiger partial charge in [0, 0.05) is 27.1 Å². The normalized spacial score (nSPS) is 11.7. The van der Waals surface area contributed by atoms with Gasteiger partial charge < -0.3 is 20.7 Å². The lowest BCUT2D eigenvalue weighted by Crippen LogP contribution is -2.30. The van der Waals surface area contributed by atoms with Gasteiger partial charge in [-0.05, 0) is 73.4 Å². The smallest absolute Gasteiger partial charge is 0.341 e. The van der Waals surface area contributed by atoms with E-state index in [1.54, 1.807) is 55.5 Å². The molecule has 5 aromatic rings. The highest BCUT2D eigenvalue weighted by atomic mass is 32.2. The summed E-state index contributed by atoms with van der Waals surface area (Å²) >= 11 is 2.63. The topological polar surface area (TPSA) is 114 Å². The molecule has 1 unspecified atom stereocenters. The largest absolute Gasteiger partial charge is 0.462 e. The van der Waals surface area contributed by atoms with E-state index in [9.17, 15) is 19.2 Å². The van der Waals surface area contributed by atoms with Gasteiger partial charge in [-0.2, -0.15) is 0 Å². The highest BCUT2D eigenvalue weighted by molar-refractivity contribution is 8.00. The van der Waals surface area contributed by atoms with Crippen molar-refractivity contribution in [1.29, 1.82) is 0 Å². The Bertz CT molecular complexity index is 2010. The lowest BCUT2D eigenvalue weighted by molar-refractivity contribution is -0.116. The molecule has 254 valence electrons. The summed E-state index contributed by atoms with van der Waals surface area (Å²) in [5.74, 6) is -1.66. The second kappa shape index (κ2) is 17.3. The lowest BCUT2D eigenvalue weighted by Gasteiger charge is -2.16. The summed E-state index contributed by atoms with van der Waals surface area (Å²) in [6.07, 6.45) is 2.16. The van der Waals surface area contributed by atoms with Gasteiger partial charge in [0.1, 0.15) is 16.3 Å². The van der Waals surface area contributed by atoms with Crippen molar-refractivity contribution >= 4 is 63.6 Å². The van der Waals surface area contributed by atoms with Crippen LogP contribution < -0.4 is 16.0 Å². The number of hydrogen-bond donors (Lipinski definition) is 3. The first-order valence-electron chi connectivity index (χ1n) is 16.1. The first kappa shape index (κ1) is 35.8. The predicted molar refractivity (Wildman–Crippen MR) is 202 cm³/mol. The molecule has 10 heteroatoms. The summed E-state index contributed by atoms with van der Waals surface area (Å²) in [5, 5.41) is 10.4. The molecule has 1 atom stereocenters. The van der Waals surface area contributed by atoms with Crippen molar-refractivity contribution < 1.29 is 23.9 Å². The molecule has 3 amide bonds. The van der Waals surface area contributed by atoms with Crippen molar-refractivity contribution in [2.45, 2.75) is 37.3 Å². The zero-order valence-corrected chi connectivity index (χ0v) is 29.5. The molecule has 0 radical (unpaired) electrons. The quantitative estimate of drug-likeness (QED) is 0.0642. The molecule has 0 fully saturated rings. The fourth-order valence-electron chi connectivity index (χ4n) is 5.06. The molecular formula is C40H37N3O5S2. The fourth-order valence-corrected chi connectivity index (χ4v) is 7.03. The van der Waals surface area contributed by atoms with Gasteiger partial charge in [-0.15, -0.1) is 23.1 Å². The van der Waals surface area contributed by atoms with Gasteiger partial charge in [0.05, 0.1) is 11.9 Å². The number of thioether (sulfide) groups is 1. The molecule has 0 spiro atoms. The molecule has 50 heavy (non-hydrogen) atoms. The van der Waals surface area contributed by atoms with E-state index >= 15 is 0 Å². The predicted octanol–water partition coefficient (Wildman–Crippen LogP) is 8.82. The van der Waals surface area contributed by atoms with Crippen molar-refractivity contribution in [3.8, 4) is 11.1 Å². The van der Waals surface area contributed by atoms with Crippen LogP contribution in [0.4, 0.5) is 10.7 Å². The van der Waals surface area contributed by atoms with Crippen LogP contribution in [-0.4, -0.2) is 35.5 Å². The van der Waals surface area contributed by atoms with Crippen LogP contribution >= 0.6 is 23.1 Å². The third-order valence-electron chi connectivity index (χ3n) is 7.64. The number of rotatable bonds is 13. The van der Waals surface area contributed by atoms with E-state index in [-0.39, 0.29) is 18.2 Å². The average molecular weight is 704 g/mol. The van der Waals surface area contributed by atoms with Crippen molar-refractivity contribution in [1.82, 2.24) is 5.32 Å². The maximum absolute atomic E-state index is 13.6. The summed E-state index contributed by atoms with van der Waals surface area (Å²) in [4.78, 5) is 54.1. The summed E-state index contributed by atoms with van der Waals surface area (Å²) in [5.41, 5.74) is 4.62. The summed E-state index contributed by atoms with van der Waals surface area (Å²) in [6, 6.07) is 32.9. The number of carbonyl (C=O) groups excluding carboxylic acids is 4. The van der Waals surface area contributed by atoms with Crippen molar-refractivity contribution in [2.75, 3.05) is 17.2 Å². The van der Waals surface area contributed by atoms with E-state index in [0.717, 1.165) is 21.6 Å². The fraction of sp³-hybridized carbons (Fsp3) is 0.150. The minimum Gasteiger partial charge on any atom is -0.462 e. The molecule has 5 rings (SSSR count). The number of ether oxygens (including phenoxy) is 1. The molecule has 3 N–H and O–H groups in total. The van der Waals surface area contributed by atoms with Crippen LogP contribution in [0.2, 0.25) is 0 Å². The molecule has 0 aliphatic rings. The third kappa shape index (κ3) is 9.16. The zero-order chi connectivity index (χ0) is 35.5. The van der Waals surface area contributed by atoms with Crippen molar-refractivity contribution in [3.63, 3.8) is 0 Å². The average Bonchev–Trinajstić information content (AvgIpc) is 3.55. The molecular weight excluding hydrogens is 667 g/mol. The van der Waals surface area contributed by atoms with E-state index in [1.807, 2.05) is 86.0 Å². The maximum Gasteiger partial charge on any atom is 0.341 e. The number of nitrogens with one attached hydrogen (secondary N) is 3. The Morgan fingerprint density at radius 3 is 2.24 bits per heavy atom. The number of amides is 3. The number of hydrogen-bond acceptors (Lipinski definition) is 7. The van der Waals surface area contributed by atoms with Gasteiger partial charge in [0.15, 0.2) is 0 Å². The van der Waals surface area contributed by atoms with Crippen LogP contribution in [-0.2, 0) is 14.3 Å². The molecule has 0 saturated heterocycles. The second-order valence-electron chi connectivity index (χ2n) is 11.2. The van der Waals surface area contributed by atoms with Crippen LogP contribution in [0.15, 0.2) is 125 Å². The first-order chi connectivity index (χ1) is 24.3. The number of esters is 1. The van der Waals surface area contributed by atoms with Gasteiger partial charge >= 0.3 is 5.97 Å². The molecule has 1 aromatic heterocycles. The Labute approximate surface area is 300 Å². The summed E-state index contributed by atoms with van der Waals surface area (Å²) in [7, 11) is 0. The van der Waals surface area contributed by atoms with E-state index < -0.39 is 23.0 Å². The molecule has 0 aliphatic carbocycles. The van der Waals surface area contributed by atoms with Gasteiger partial charge in [-0.25, -0.2) is 4.79 Å². The maximum atomic E-state index is 13.6. The van der Waals surface area contributed by atoms with E-state index in [2.05, 4.69) is 16.0 Å². The standard InChI is InChI=1S/C40H37N3O5S2/c1-4-34(38(46)43-39-35(40(47)48-5-2)32(25-49-39)27-16-8-6-9-17-27)50-31-22-14-21-30(24-31)41-37(45)33(23-29-20-13-12-15-26(29)3)42-36(44)28-18-10-7-11-19-28/h6-25,34H,4-5H2,1-3H3,(H,41,45)(H,42,44)(H,43,46)/b33-23-. The third-order valence-corrected chi connectivity index (χ3v) is 9.90. The second-order valence-corrected chi connectivity index (χ2v) is 13.3. The highest BCUT2D eigenvalue weighted by Crippen LogP contribution is 2.37. The highest BCUT2D eigenvalue weighted by Gasteiger charge is 2.26. The first-order valence-corrected chi connectivity index (χ1v) is 17.9. The van der Waals surface area contributed by atoms with Crippen LogP contribution in [0, 0.1) is 6.92 Å². The minimum atomic E-state index is -0.500. The Morgan fingerprint density at radius 1 is 0.840 bits per heavy atom. The van der Waals surface area contributed by atoms with Gasteiger partial charge in [0.25, 0.3) is 11.8 Å².